The van der Waals surface area contributed by atoms with Crippen LogP contribution in [0.2, 0.25) is 0 Å². The van der Waals surface area contributed by atoms with Gasteiger partial charge in [-0.15, -0.1) is 5.10 Å². The third-order valence-electron chi connectivity index (χ3n) is 2.60. The number of rotatable bonds is 4. The van der Waals surface area contributed by atoms with Crippen LogP contribution in [0.3, 0.4) is 0 Å². The summed E-state index contributed by atoms with van der Waals surface area (Å²) < 4.78 is 0. The average Bonchev–Trinajstić information content (AvgIpc) is 2.98. The standard InChI is InChI=1S/C12H20N4OS/c1-7(10(17)14-12(2,3)4)18-11-13-9(15-16-11)8-5-6-8/h7-8H,5-6H2,1-4H3,(H,14,17)(H,13,15,16). The summed E-state index contributed by atoms with van der Waals surface area (Å²) in [5.74, 6) is 1.54. The highest BCUT2D eigenvalue weighted by atomic mass is 32.2. The van der Waals surface area contributed by atoms with Crippen molar-refractivity contribution in [3.05, 3.63) is 5.82 Å². The zero-order valence-corrected chi connectivity index (χ0v) is 12.1. The summed E-state index contributed by atoms with van der Waals surface area (Å²) in [4.78, 5) is 16.3. The van der Waals surface area contributed by atoms with Gasteiger partial charge >= 0.3 is 0 Å². The molecule has 1 fully saturated rings. The Morgan fingerprint density at radius 3 is 2.72 bits per heavy atom. The molecule has 1 aromatic rings. The number of aromatic nitrogens is 3. The lowest BCUT2D eigenvalue weighted by atomic mass is 10.1. The second-order valence-corrected chi connectivity index (χ2v) is 7.08. The molecule has 0 bridgehead atoms. The number of aromatic amines is 1. The highest BCUT2D eigenvalue weighted by molar-refractivity contribution is 8.00. The van der Waals surface area contributed by atoms with E-state index in [1.807, 2.05) is 27.7 Å². The lowest BCUT2D eigenvalue weighted by molar-refractivity contribution is -0.121. The summed E-state index contributed by atoms with van der Waals surface area (Å²) in [5.41, 5.74) is -0.204. The van der Waals surface area contributed by atoms with Crippen molar-refractivity contribution in [3.8, 4) is 0 Å². The average molecular weight is 268 g/mol. The van der Waals surface area contributed by atoms with Gasteiger partial charge in [0.1, 0.15) is 5.82 Å². The predicted octanol–water partition coefficient (Wildman–Crippen LogP) is 2.08. The maximum Gasteiger partial charge on any atom is 0.233 e. The molecule has 1 aromatic heterocycles. The fraction of sp³-hybridized carbons (Fsp3) is 0.750. The molecule has 1 amide bonds. The van der Waals surface area contributed by atoms with Gasteiger partial charge in [-0.3, -0.25) is 9.89 Å². The monoisotopic (exact) mass is 268 g/mol. The third kappa shape index (κ3) is 3.73. The summed E-state index contributed by atoms with van der Waals surface area (Å²) >= 11 is 1.39. The molecule has 0 aliphatic heterocycles. The van der Waals surface area contributed by atoms with Gasteiger partial charge in [-0.25, -0.2) is 4.98 Å². The number of nitrogens with one attached hydrogen (secondary N) is 2. The number of amides is 1. The van der Waals surface area contributed by atoms with E-state index in [1.54, 1.807) is 0 Å². The van der Waals surface area contributed by atoms with Crippen LogP contribution in [0.25, 0.3) is 0 Å². The Hall–Kier alpha value is -1.04. The highest BCUT2D eigenvalue weighted by Crippen LogP contribution is 2.38. The third-order valence-corrected chi connectivity index (χ3v) is 3.56. The minimum Gasteiger partial charge on any atom is -0.351 e. The van der Waals surface area contributed by atoms with Crippen LogP contribution in [0.4, 0.5) is 0 Å². The molecule has 1 saturated carbocycles. The van der Waals surface area contributed by atoms with Crippen LogP contribution in [0.1, 0.15) is 52.3 Å². The van der Waals surface area contributed by atoms with Gasteiger partial charge in [-0.1, -0.05) is 11.8 Å². The quantitative estimate of drug-likeness (QED) is 0.820. The topological polar surface area (TPSA) is 70.7 Å². The summed E-state index contributed by atoms with van der Waals surface area (Å²) in [6.45, 7) is 7.79. The molecule has 0 aromatic carbocycles. The Balaban J connectivity index is 1.89. The molecule has 1 heterocycles. The van der Waals surface area contributed by atoms with Gasteiger partial charge in [-0.05, 0) is 40.5 Å². The Kier molecular flexibility index (Phi) is 3.66. The molecule has 2 N–H and O–H groups in total. The van der Waals surface area contributed by atoms with Crippen LogP contribution >= 0.6 is 11.8 Å². The Bertz CT molecular complexity index is 434. The number of thioether (sulfide) groups is 1. The lowest BCUT2D eigenvalue weighted by Crippen LogP contribution is -2.44. The van der Waals surface area contributed by atoms with Crippen molar-refractivity contribution in [1.29, 1.82) is 0 Å². The first kappa shape index (κ1) is 13.4. The van der Waals surface area contributed by atoms with Crippen LogP contribution < -0.4 is 5.32 Å². The smallest absolute Gasteiger partial charge is 0.233 e. The Labute approximate surface area is 112 Å². The number of nitrogens with zero attached hydrogens (tertiary/aromatic N) is 2. The summed E-state index contributed by atoms with van der Waals surface area (Å²) in [6, 6.07) is 0. The molecule has 1 atom stereocenters. The first-order valence-electron chi connectivity index (χ1n) is 6.26. The summed E-state index contributed by atoms with van der Waals surface area (Å²) in [7, 11) is 0. The van der Waals surface area contributed by atoms with Crippen LogP contribution in [0.5, 0.6) is 0 Å². The molecule has 1 aliphatic rings. The van der Waals surface area contributed by atoms with Crippen molar-refractivity contribution in [1.82, 2.24) is 20.5 Å². The fourth-order valence-electron chi connectivity index (χ4n) is 1.53. The number of carbonyl (C=O) groups is 1. The van der Waals surface area contributed by atoms with E-state index in [-0.39, 0.29) is 16.7 Å². The lowest BCUT2D eigenvalue weighted by Gasteiger charge is -2.22. The molecule has 2 rings (SSSR count). The minimum atomic E-state index is -0.204. The van der Waals surface area contributed by atoms with Gasteiger partial charge in [0.15, 0.2) is 0 Å². The zero-order chi connectivity index (χ0) is 13.3. The molecule has 18 heavy (non-hydrogen) atoms. The minimum absolute atomic E-state index is 0.0188. The van der Waals surface area contributed by atoms with E-state index in [0.717, 1.165) is 5.82 Å². The van der Waals surface area contributed by atoms with Crippen molar-refractivity contribution in [3.63, 3.8) is 0 Å². The zero-order valence-electron chi connectivity index (χ0n) is 11.3. The molecule has 100 valence electrons. The largest absolute Gasteiger partial charge is 0.351 e. The van der Waals surface area contributed by atoms with Gasteiger partial charge in [0.2, 0.25) is 11.1 Å². The maximum atomic E-state index is 11.9. The van der Waals surface area contributed by atoms with E-state index >= 15 is 0 Å². The van der Waals surface area contributed by atoms with E-state index in [0.29, 0.717) is 11.1 Å². The van der Waals surface area contributed by atoms with E-state index in [4.69, 9.17) is 0 Å². The van der Waals surface area contributed by atoms with Gasteiger partial charge < -0.3 is 5.32 Å². The van der Waals surface area contributed by atoms with Crippen molar-refractivity contribution < 1.29 is 4.79 Å². The summed E-state index contributed by atoms with van der Waals surface area (Å²) in [5, 5.41) is 10.5. The van der Waals surface area contributed by atoms with Crippen LogP contribution in [-0.4, -0.2) is 31.9 Å². The molecule has 0 spiro atoms. The van der Waals surface area contributed by atoms with E-state index < -0.39 is 0 Å². The van der Waals surface area contributed by atoms with Crippen LogP contribution in [0.15, 0.2) is 5.16 Å². The molecule has 0 saturated heterocycles. The summed E-state index contributed by atoms with van der Waals surface area (Å²) in [6.07, 6.45) is 2.39. The number of hydrogen-bond acceptors (Lipinski definition) is 4. The number of hydrogen-bond donors (Lipinski definition) is 2. The molecular weight excluding hydrogens is 248 g/mol. The van der Waals surface area contributed by atoms with Gasteiger partial charge in [-0.2, -0.15) is 0 Å². The predicted molar refractivity (Wildman–Crippen MR) is 71.6 cm³/mol. The van der Waals surface area contributed by atoms with Crippen molar-refractivity contribution in [2.75, 3.05) is 0 Å². The first-order valence-corrected chi connectivity index (χ1v) is 7.14. The van der Waals surface area contributed by atoms with E-state index in [1.165, 1.54) is 24.6 Å². The molecule has 5 nitrogen and oxygen atoms in total. The van der Waals surface area contributed by atoms with Gasteiger partial charge in [0, 0.05) is 11.5 Å². The number of carbonyl (C=O) groups excluding carboxylic acids is 1. The van der Waals surface area contributed by atoms with Gasteiger partial charge in [0.05, 0.1) is 5.25 Å². The van der Waals surface area contributed by atoms with Crippen molar-refractivity contribution in [2.24, 2.45) is 0 Å². The number of H-pyrrole nitrogens is 1. The molecular formula is C12H20N4OS. The molecule has 6 heteroatoms. The Morgan fingerprint density at radius 2 is 2.17 bits per heavy atom. The van der Waals surface area contributed by atoms with Crippen molar-refractivity contribution in [2.45, 2.75) is 62.4 Å². The normalized spacial score (nSPS) is 17.6. The second-order valence-electron chi connectivity index (χ2n) is 5.78. The Morgan fingerprint density at radius 1 is 1.50 bits per heavy atom. The van der Waals surface area contributed by atoms with Crippen molar-refractivity contribution >= 4 is 17.7 Å². The van der Waals surface area contributed by atoms with Crippen LogP contribution in [0, 0.1) is 0 Å². The fourth-order valence-corrected chi connectivity index (χ4v) is 2.26. The second kappa shape index (κ2) is 4.91. The van der Waals surface area contributed by atoms with E-state index in [9.17, 15) is 4.79 Å². The molecule has 1 unspecified atom stereocenters. The molecule has 1 aliphatic carbocycles. The SMILES string of the molecule is CC(Sc1n[nH]c(C2CC2)n1)C(=O)NC(C)(C)C. The first-order chi connectivity index (χ1) is 8.35. The molecule has 0 radical (unpaired) electrons. The van der Waals surface area contributed by atoms with E-state index in [2.05, 4.69) is 20.5 Å². The maximum absolute atomic E-state index is 11.9. The highest BCUT2D eigenvalue weighted by Gasteiger charge is 2.28. The van der Waals surface area contributed by atoms with Crippen LogP contribution in [-0.2, 0) is 4.79 Å². The van der Waals surface area contributed by atoms with Gasteiger partial charge in [0.25, 0.3) is 0 Å².